The molecule has 0 aliphatic heterocycles. The Morgan fingerprint density at radius 3 is 0.884 bits per heavy atom. The molecule has 0 spiro atoms. The van der Waals surface area contributed by atoms with Gasteiger partial charge in [-0.1, -0.05) is 404 Å². The number of hydrogen-bond acceptors (Lipinski definition) is 5. The van der Waals surface area contributed by atoms with Crippen molar-refractivity contribution >= 4 is 11.9 Å². The first kappa shape index (κ1) is 84.3. The second-order valence-electron chi connectivity index (χ2n) is 27.4. The summed E-state index contributed by atoms with van der Waals surface area (Å²) in [6, 6.07) is -0.544. The van der Waals surface area contributed by atoms with Gasteiger partial charge in [-0.3, -0.25) is 9.59 Å². The van der Waals surface area contributed by atoms with Gasteiger partial charge in [0.1, 0.15) is 0 Å². The number of amides is 1. The van der Waals surface area contributed by atoms with Gasteiger partial charge >= 0.3 is 5.97 Å². The molecule has 0 aromatic rings. The zero-order valence-corrected chi connectivity index (χ0v) is 58.6. The topological polar surface area (TPSA) is 95.9 Å². The maximum absolute atomic E-state index is 12.6. The van der Waals surface area contributed by atoms with Crippen LogP contribution < -0.4 is 5.32 Å². The van der Waals surface area contributed by atoms with Crippen molar-refractivity contribution < 1.29 is 24.5 Å². The minimum absolute atomic E-state index is 0.0166. The second-order valence-corrected chi connectivity index (χ2v) is 27.4. The molecule has 0 heterocycles. The van der Waals surface area contributed by atoms with Crippen molar-refractivity contribution in [1.82, 2.24) is 5.32 Å². The number of ether oxygens (including phenoxy) is 1. The third-order valence-electron chi connectivity index (χ3n) is 18.8. The smallest absolute Gasteiger partial charge is 0.305 e. The first-order valence-electron chi connectivity index (χ1n) is 39.6. The number of unbranched alkanes of at least 4 members (excludes halogenated alkanes) is 60. The van der Waals surface area contributed by atoms with Gasteiger partial charge in [0, 0.05) is 12.8 Å². The second kappa shape index (κ2) is 75.8. The standard InChI is InChI=1S/C80H155NO5/c1-3-5-7-9-11-13-15-17-19-21-22-23-24-32-35-38-41-44-48-52-56-60-64-68-72-78(83)77(76-82)81-79(84)73-69-65-61-57-53-49-45-42-39-36-33-30-28-26-25-27-29-31-34-37-40-43-47-51-55-59-63-67-71-75-86-80(85)74-70-66-62-58-54-50-46-20-18-16-14-12-10-8-6-4-2/h25,27,31,34,77-78,82-83H,3-24,26,28-30,32-33,35-76H2,1-2H3,(H,81,84)/b27-25-,34-31-. The fourth-order valence-electron chi connectivity index (χ4n) is 12.7. The molecule has 0 aliphatic rings. The monoisotopic (exact) mass is 1210 g/mol. The van der Waals surface area contributed by atoms with Crippen molar-refractivity contribution in [1.29, 1.82) is 0 Å². The summed E-state index contributed by atoms with van der Waals surface area (Å²) in [6.07, 6.45) is 96.9. The van der Waals surface area contributed by atoms with E-state index in [1.807, 2.05) is 0 Å². The fourth-order valence-corrected chi connectivity index (χ4v) is 12.7. The van der Waals surface area contributed by atoms with Crippen LogP contribution in [-0.2, 0) is 14.3 Å². The highest BCUT2D eigenvalue weighted by Crippen LogP contribution is 2.20. The van der Waals surface area contributed by atoms with Crippen LogP contribution in [0.4, 0.5) is 0 Å². The molecule has 3 N–H and O–H groups in total. The number of aliphatic hydroxyl groups excluding tert-OH is 2. The Morgan fingerprint density at radius 2 is 0.581 bits per heavy atom. The Morgan fingerprint density at radius 1 is 0.326 bits per heavy atom. The number of carbonyl (C=O) groups is 2. The van der Waals surface area contributed by atoms with Gasteiger partial charge in [0.2, 0.25) is 5.91 Å². The van der Waals surface area contributed by atoms with Crippen molar-refractivity contribution in [3.63, 3.8) is 0 Å². The van der Waals surface area contributed by atoms with E-state index in [9.17, 15) is 19.8 Å². The van der Waals surface area contributed by atoms with Gasteiger partial charge in [0.25, 0.3) is 0 Å². The van der Waals surface area contributed by atoms with Gasteiger partial charge in [-0.2, -0.15) is 0 Å². The summed E-state index contributed by atoms with van der Waals surface area (Å²) in [5.74, 6) is -0.0137. The summed E-state index contributed by atoms with van der Waals surface area (Å²) in [4.78, 5) is 24.7. The number of esters is 1. The molecule has 0 radical (unpaired) electrons. The van der Waals surface area contributed by atoms with E-state index in [0.29, 0.717) is 25.9 Å². The highest BCUT2D eigenvalue weighted by Gasteiger charge is 2.20. The number of aliphatic hydroxyl groups is 2. The first-order valence-corrected chi connectivity index (χ1v) is 39.6. The third-order valence-corrected chi connectivity index (χ3v) is 18.8. The third kappa shape index (κ3) is 71.4. The molecule has 510 valence electrons. The van der Waals surface area contributed by atoms with Crippen molar-refractivity contribution in [3.8, 4) is 0 Å². The van der Waals surface area contributed by atoms with Crippen molar-refractivity contribution in [2.45, 2.75) is 463 Å². The molecule has 0 aliphatic carbocycles. The van der Waals surface area contributed by atoms with E-state index in [1.165, 1.54) is 372 Å². The fraction of sp³-hybridized carbons (Fsp3) is 0.925. The molecule has 6 heteroatoms. The predicted octanol–water partition coefficient (Wildman–Crippen LogP) is 26.0. The van der Waals surface area contributed by atoms with E-state index in [1.54, 1.807) is 0 Å². The van der Waals surface area contributed by atoms with Crippen LogP contribution in [0.5, 0.6) is 0 Å². The molecule has 86 heavy (non-hydrogen) atoms. The maximum atomic E-state index is 12.6. The summed E-state index contributed by atoms with van der Waals surface area (Å²) in [5.41, 5.74) is 0. The van der Waals surface area contributed by atoms with Gasteiger partial charge in [-0.15, -0.1) is 0 Å². The van der Waals surface area contributed by atoms with Crippen LogP contribution in [0.25, 0.3) is 0 Å². The lowest BCUT2D eigenvalue weighted by Gasteiger charge is -2.22. The zero-order chi connectivity index (χ0) is 62.0. The van der Waals surface area contributed by atoms with Crippen molar-refractivity contribution in [2.24, 2.45) is 0 Å². The van der Waals surface area contributed by atoms with Crippen molar-refractivity contribution in [3.05, 3.63) is 24.3 Å². The van der Waals surface area contributed by atoms with Crippen LogP contribution >= 0.6 is 0 Å². The summed E-state index contributed by atoms with van der Waals surface area (Å²) < 4.78 is 5.50. The molecule has 0 bridgehead atoms. The molecule has 0 fully saturated rings. The van der Waals surface area contributed by atoms with Gasteiger partial charge < -0.3 is 20.3 Å². The van der Waals surface area contributed by atoms with Gasteiger partial charge in [0.05, 0.1) is 25.4 Å². The molecule has 0 aromatic carbocycles. The lowest BCUT2D eigenvalue weighted by molar-refractivity contribution is -0.143. The summed E-state index contributed by atoms with van der Waals surface area (Å²) in [6.45, 7) is 5.01. The average Bonchev–Trinajstić information content (AvgIpc) is 3.58. The SMILES string of the molecule is CCCCCCCCCCCCCCCCCCCCCCCCCCC(O)C(CO)NC(=O)CCCCCCCCCCCCCCC/C=C\C/C=C\CCCCCCCCCCCOC(=O)CCCCCCCCCCCCCCCCCC. The van der Waals surface area contributed by atoms with E-state index < -0.39 is 12.1 Å². The van der Waals surface area contributed by atoms with Crippen LogP contribution in [0.1, 0.15) is 450 Å². The Hall–Kier alpha value is -1.66. The minimum atomic E-state index is -0.667. The number of hydrogen-bond donors (Lipinski definition) is 3. The van der Waals surface area contributed by atoms with Crippen LogP contribution in [0, 0.1) is 0 Å². The van der Waals surface area contributed by atoms with Crippen LogP contribution in [0.2, 0.25) is 0 Å². The van der Waals surface area contributed by atoms with Crippen LogP contribution in [0.3, 0.4) is 0 Å². The first-order chi connectivity index (χ1) is 42.5. The quantitative estimate of drug-likeness (QED) is 0.0320. The Bertz CT molecular complexity index is 1350. The van der Waals surface area contributed by atoms with Crippen LogP contribution in [-0.4, -0.2) is 47.4 Å². The van der Waals surface area contributed by atoms with Crippen LogP contribution in [0.15, 0.2) is 24.3 Å². The van der Waals surface area contributed by atoms with E-state index in [-0.39, 0.29) is 18.5 Å². The molecule has 0 saturated heterocycles. The minimum Gasteiger partial charge on any atom is -0.466 e. The normalized spacial score (nSPS) is 12.6. The Kier molecular flexibility index (Phi) is 74.3. The highest BCUT2D eigenvalue weighted by atomic mass is 16.5. The van der Waals surface area contributed by atoms with Gasteiger partial charge in [-0.25, -0.2) is 0 Å². The highest BCUT2D eigenvalue weighted by molar-refractivity contribution is 5.76. The number of nitrogens with one attached hydrogen (secondary N) is 1. The molecule has 1 amide bonds. The van der Waals surface area contributed by atoms with Gasteiger partial charge in [0.15, 0.2) is 0 Å². The lowest BCUT2D eigenvalue weighted by atomic mass is 10.0. The zero-order valence-electron chi connectivity index (χ0n) is 58.6. The van der Waals surface area contributed by atoms with Crippen molar-refractivity contribution in [2.75, 3.05) is 13.2 Å². The molecule has 0 aromatic heterocycles. The van der Waals surface area contributed by atoms with E-state index in [2.05, 4.69) is 43.5 Å². The van der Waals surface area contributed by atoms with Gasteiger partial charge in [-0.05, 0) is 57.8 Å². The maximum Gasteiger partial charge on any atom is 0.305 e. The predicted molar refractivity (Wildman–Crippen MR) is 380 cm³/mol. The lowest BCUT2D eigenvalue weighted by Crippen LogP contribution is -2.45. The average molecular weight is 1210 g/mol. The molecule has 0 saturated carbocycles. The Balaban J connectivity index is 3.39. The Labute approximate surface area is 539 Å². The molecular weight excluding hydrogens is 1050 g/mol. The summed E-state index contributed by atoms with van der Waals surface area (Å²) >= 11 is 0. The molecule has 2 unspecified atom stereocenters. The summed E-state index contributed by atoms with van der Waals surface area (Å²) in [5, 5.41) is 23.5. The van der Waals surface area contributed by atoms with E-state index in [4.69, 9.17) is 4.74 Å². The molecule has 0 rings (SSSR count). The molecular formula is C80H155NO5. The largest absolute Gasteiger partial charge is 0.466 e. The van der Waals surface area contributed by atoms with E-state index >= 15 is 0 Å². The van der Waals surface area contributed by atoms with E-state index in [0.717, 1.165) is 44.9 Å². The summed E-state index contributed by atoms with van der Waals surface area (Å²) in [7, 11) is 0. The number of carbonyl (C=O) groups excluding carboxylic acids is 2. The number of allylic oxidation sites excluding steroid dienone is 4. The molecule has 2 atom stereocenters. The number of rotatable bonds is 75. The molecule has 6 nitrogen and oxygen atoms in total.